The van der Waals surface area contributed by atoms with Crippen LogP contribution in [0.2, 0.25) is 5.02 Å². The van der Waals surface area contributed by atoms with Crippen molar-refractivity contribution in [2.75, 3.05) is 12.3 Å². The number of aromatic nitrogens is 1. The number of ether oxygens (including phenoxy) is 1. The van der Waals surface area contributed by atoms with Gasteiger partial charge in [0.05, 0.1) is 17.3 Å². The van der Waals surface area contributed by atoms with Gasteiger partial charge in [0, 0.05) is 30.4 Å². The van der Waals surface area contributed by atoms with Crippen LogP contribution in [0.25, 0.3) is 0 Å². The standard InChI is InChI=1S/C13H12ClFN2O/c14-10-7-13(12(16)8-11(10)15)18-6-4-9-3-1-2-5-17-9/h1-3,5,7-8H,4,6,16H2. The van der Waals surface area contributed by atoms with Crippen LogP contribution in [-0.2, 0) is 6.42 Å². The average Bonchev–Trinajstić information content (AvgIpc) is 2.37. The zero-order valence-electron chi connectivity index (χ0n) is 9.57. The topological polar surface area (TPSA) is 48.1 Å². The van der Waals surface area contributed by atoms with Gasteiger partial charge in [-0.05, 0) is 12.1 Å². The van der Waals surface area contributed by atoms with Gasteiger partial charge < -0.3 is 10.5 Å². The van der Waals surface area contributed by atoms with Gasteiger partial charge in [0.1, 0.15) is 11.6 Å². The van der Waals surface area contributed by atoms with Crippen LogP contribution in [0, 0.1) is 5.82 Å². The Kier molecular flexibility index (Phi) is 3.99. The van der Waals surface area contributed by atoms with Crippen LogP contribution in [0.3, 0.4) is 0 Å². The molecule has 2 aromatic rings. The van der Waals surface area contributed by atoms with Gasteiger partial charge in [0.2, 0.25) is 0 Å². The van der Waals surface area contributed by atoms with Gasteiger partial charge in [-0.3, -0.25) is 4.98 Å². The van der Waals surface area contributed by atoms with E-state index < -0.39 is 5.82 Å². The second-order valence-electron chi connectivity index (χ2n) is 3.72. The summed E-state index contributed by atoms with van der Waals surface area (Å²) in [6, 6.07) is 8.20. The molecule has 0 fully saturated rings. The zero-order chi connectivity index (χ0) is 13.0. The molecule has 0 saturated carbocycles. The van der Waals surface area contributed by atoms with E-state index in [-0.39, 0.29) is 10.7 Å². The quantitative estimate of drug-likeness (QED) is 0.865. The van der Waals surface area contributed by atoms with Crippen molar-refractivity contribution in [3.05, 3.63) is 53.1 Å². The van der Waals surface area contributed by atoms with Crippen LogP contribution in [0.5, 0.6) is 5.75 Å². The van der Waals surface area contributed by atoms with Gasteiger partial charge in [-0.25, -0.2) is 4.39 Å². The first-order chi connectivity index (χ1) is 8.66. The summed E-state index contributed by atoms with van der Waals surface area (Å²) in [4.78, 5) is 4.17. The van der Waals surface area contributed by atoms with Gasteiger partial charge in [0.25, 0.3) is 0 Å². The molecule has 0 unspecified atom stereocenters. The number of halogens is 2. The Bertz CT molecular complexity index is 534. The van der Waals surface area contributed by atoms with E-state index in [0.29, 0.717) is 18.8 Å². The lowest BCUT2D eigenvalue weighted by Gasteiger charge is -2.09. The molecule has 3 nitrogen and oxygen atoms in total. The fourth-order valence-electron chi connectivity index (χ4n) is 1.48. The van der Waals surface area contributed by atoms with E-state index in [0.717, 1.165) is 11.8 Å². The van der Waals surface area contributed by atoms with Crippen molar-refractivity contribution in [2.45, 2.75) is 6.42 Å². The monoisotopic (exact) mass is 266 g/mol. The molecular weight excluding hydrogens is 255 g/mol. The average molecular weight is 267 g/mol. The third kappa shape index (κ3) is 3.11. The molecule has 2 rings (SSSR count). The maximum Gasteiger partial charge on any atom is 0.144 e. The zero-order valence-corrected chi connectivity index (χ0v) is 10.3. The highest BCUT2D eigenvalue weighted by molar-refractivity contribution is 6.31. The van der Waals surface area contributed by atoms with E-state index in [1.54, 1.807) is 6.20 Å². The van der Waals surface area contributed by atoms with Crippen molar-refractivity contribution in [3.63, 3.8) is 0 Å². The summed E-state index contributed by atoms with van der Waals surface area (Å²) in [5.74, 6) is -0.163. The number of hydrogen-bond acceptors (Lipinski definition) is 3. The summed E-state index contributed by atoms with van der Waals surface area (Å²) in [6.07, 6.45) is 2.37. The maximum absolute atomic E-state index is 13.1. The molecule has 1 heterocycles. The van der Waals surface area contributed by atoms with E-state index in [9.17, 15) is 4.39 Å². The summed E-state index contributed by atoms with van der Waals surface area (Å²) in [6.45, 7) is 0.406. The normalized spacial score (nSPS) is 10.3. The Morgan fingerprint density at radius 2 is 2.17 bits per heavy atom. The first-order valence-corrected chi connectivity index (χ1v) is 5.82. The van der Waals surface area contributed by atoms with Crippen LogP contribution in [0.4, 0.5) is 10.1 Å². The third-order valence-electron chi connectivity index (χ3n) is 2.39. The van der Waals surface area contributed by atoms with Crippen molar-refractivity contribution in [2.24, 2.45) is 0 Å². The number of nitrogens with zero attached hydrogens (tertiary/aromatic N) is 1. The molecule has 18 heavy (non-hydrogen) atoms. The predicted molar refractivity (Wildman–Crippen MR) is 69.3 cm³/mol. The molecular formula is C13H12ClFN2O. The molecule has 0 saturated heterocycles. The van der Waals surface area contributed by atoms with Crippen LogP contribution in [0.1, 0.15) is 5.69 Å². The molecule has 0 bridgehead atoms. The molecule has 0 aliphatic heterocycles. The van der Waals surface area contributed by atoms with Crippen molar-refractivity contribution in [1.82, 2.24) is 4.98 Å². The summed E-state index contributed by atoms with van der Waals surface area (Å²) >= 11 is 5.66. The highest BCUT2D eigenvalue weighted by atomic mass is 35.5. The number of benzene rings is 1. The highest BCUT2D eigenvalue weighted by Gasteiger charge is 2.07. The molecule has 0 spiro atoms. The first kappa shape index (κ1) is 12.6. The number of nitrogen functional groups attached to an aromatic ring is 1. The molecule has 1 aromatic carbocycles. The van der Waals surface area contributed by atoms with E-state index in [2.05, 4.69) is 4.98 Å². The van der Waals surface area contributed by atoms with Crippen molar-refractivity contribution >= 4 is 17.3 Å². The predicted octanol–water partition coefficient (Wildman–Crippen LogP) is 3.08. The lowest BCUT2D eigenvalue weighted by Crippen LogP contribution is -2.04. The lowest BCUT2D eigenvalue weighted by atomic mass is 10.2. The van der Waals surface area contributed by atoms with E-state index >= 15 is 0 Å². The van der Waals surface area contributed by atoms with Crippen molar-refractivity contribution in [1.29, 1.82) is 0 Å². The SMILES string of the molecule is Nc1cc(F)c(Cl)cc1OCCc1ccccn1. The number of anilines is 1. The third-order valence-corrected chi connectivity index (χ3v) is 2.68. The molecule has 0 aliphatic carbocycles. The van der Waals surface area contributed by atoms with Crippen LogP contribution >= 0.6 is 11.6 Å². The minimum absolute atomic E-state index is 0.00274. The maximum atomic E-state index is 13.1. The number of pyridine rings is 1. The van der Waals surface area contributed by atoms with E-state index in [1.165, 1.54) is 6.07 Å². The first-order valence-electron chi connectivity index (χ1n) is 5.44. The van der Waals surface area contributed by atoms with Gasteiger partial charge >= 0.3 is 0 Å². The fraction of sp³-hybridized carbons (Fsp3) is 0.154. The van der Waals surface area contributed by atoms with Gasteiger partial charge in [-0.2, -0.15) is 0 Å². The Balaban J connectivity index is 1.97. The number of hydrogen-bond donors (Lipinski definition) is 1. The van der Waals surface area contributed by atoms with Gasteiger partial charge in [0.15, 0.2) is 0 Å². The van der Waals surface area contributed by atoms with Gasteiger partial charge in [-0.15, -0.1) is 0 Å². The molecule has 1 aromatic heterocycles. The van der Waals surface area contributed by atoms with Crippen molar-refractivity contribution < 1.29 is 9.13 Å². The summed E-state index contributed by atoms with van der Waals surface area (Å²) in [5, 5.41) is -0.00274. The van der Waals surface area contributed by atoms with E-state index in [1.807, 2.05) is 18.2 Å². The second kappa shape index (κ2) is 5.69. The second-order valence-corrected chi connectivity index (χ2v) is 4.13. The summed E-state index contributed by atoms with van der Waals surface area (Å²) in [5.41, 5.74) is 6.79. The molecule has 0 radical (unpaired) electrons. The van der Waals surface area contributed by atoms with Gasteiger partial charge in [-0.1, -0.05) is 17.7 Å². The highest BCUT2D eigenvalue weighted by Crippen LogP contribution is 2.28. The summed E-state index contributed by atoms with van der Waals surface area (Å²) in [7, 11) is 0. The minimum atomic E-state index is -0.550. The smallest absolute Gasteiger partial charge is 0.144 e. The molecule has 5 heteroatoms. The Morgan fingerprint density at radius 3 is 2.89 bits per heavy atom. The molecule has 94 valence electrons. The minimum Gasteiger partial charge on any atom is -0.491 e. The largest absolute Gasteiger partial charge is 0.491 e. The van der Waals surface area contributed by atoms with E-state index in [4.69, 9.17) is 22.1 Å². The van der Waals surface area contributed by atoms with Crippen LogP contribution in [-0.4, -0.2) is 11.6 Å². The number of rotatable bonds is 4. The number of nitrogens with two attached hydrogens (primary N) is 1. The summed E-state index contributed by atoms with van der Waals surface area (Å²) < 4.78 is 18.5. The molecule has 0 atom stereocenters. The lowest BCUT2D eigenvalue weighted by molar-refractivity contribution is 0.322. The fourth-order valence-corrected chi connectivity index (χ4v) is 1.63. The Morgan fingerprint density at radius 1 is 1.33 bits per heavy atom. The molecule has 2 N–H and O–H groups in total. The Labute approximate surface area is 109 Å². The van der Waals surface area contributed by atoms with Crippen LogP contribution in [0.15, 0.2) is 36.5 Å². The van der Waals surface area contributed by atoms with Crippen LogP contribution < -0.4 is 10.5 Å². The van der Waals surface area contributed by atoms with Crippen molar-refractivity contribution in [3.8, 4) is 5.75 Å². The Hall–Kier alpha value is -1.81. The molecule has 0 amide bonds. The molecule has 0 aliphatic rings.